The zero-order valence-electron chi connectivity index (χ0n) is 14.6. The molecule has 0 aliphatic rings. The average Bonchev–Trinajstić information content (AvgIpc) is 3.01. The molecule has 2 aromatic carbocycles. The molecule has 0 N–H and O–H groups in total. The third-order valence-electron chi connectivity index (χ3n) is 4.51. The quantitative estimate of drug-likeness (QED) is 0.638. The van der Waals surface area contributed by atoms with E-state index in [4.69, 9.17) is 0 Å². The molecule has 4 heteroatoms. The second-order valence-electron chi connectivity index (χ2n) is 5.97. The van der Waals surface area contributed by atoms with Gasteiger partial charge in [0.15, 0.2) is 6.29 Å². The maximum absolute atomic E-state index is 12.9. The number of aromatic nitrogens is 1. The molecule has 0 bridgehead atoms. The van der Waals surface area contributed by atoms with Crippen LogP contribution in [0.1, 0.15) is 29.8 Å². The summed E-state index contributed by atoms with van der Waals surface area (Å²) < 4.78 is 1.91. The van der Waals surface area contributed by atoms with Gasteiger partial charge in [0.2, 0.25) is 5.91 Å². The van der Waals surface area contributed by atoms with Crippen LogP contribution in [-0.2, 0) is 17.8 Å². The van der Waals surface area contributed by atoms with Crippen molar-refractivity contribution in [2.24, 2.45) is 0 Å². The standard InChI is InChI=1S/C21H22N2O2/c1-3-16-9-8-12-19-17(15-24)13-22(21(16)19)14-20(25)23(4-2)18-10-6-5-7-11-18/h5-13,15H,3-4,14H2,1-2H3. The van der Waals surface area contributed by atoms with Crippen molar-refractivity contribution in [3.05, 3.63) is 65.9 Å². The Morgan fingerprint density at radius 1 is 1.08 bits per heavy atom. The molecule has 25 heavy (non-hydrogen) atoms. The molecule has 3 rings (SSSR count). The van der Waals surface area contributed by atoms with Gasteiger partial charge in [-0.1, -0.05) is 43.3 Å². The molecular weight excluding hydrogens is 312 g/mol. The van der Waals surface area contributed by atoms with E-state index in [1.807, 2.05) is 60.0 Å². The third-order valence-corrected chi connectivity index (χ3v) is 4.51. The SMILES string of the molecule is CCc1cccc2c(C=O)cn(CC(=O)N(CC)c3ccccc3)c12. The maximum atomic E-state index is 12.9. The minimum Gasteiger partial charge on any atom is -0.337 e. The Kier molecular flexibility index (Phi) is 4.98. The number of hydrogen-bond donors (Lipinski definition) is 0. The van der Waals surface area contributed by atoms with Crippen LogP contribution in [0.25, 0.3) is 10.9 Å². The van der Waals surface area contributed by atoms with Crippen molar-refractivity contribution in [1.82, 2.24) is 4.57 Å². The lowest BCUT2D eigenvalue weighted by molar-refractivity contribution is -0.119. The van der Waals surface area contributed by atoms with Crippen molar-refractivity contribution in [3.8, 4) is 0 Å². The van der Waals surface area contributed by atoms with Crippen molar-refractivity contribution < 1.29 is 9.59 Å². The maximum Gasteiger partial charge on any atom is 0.246 e. The Hall–Kier alpha value is -2.88. The molecule has 0 saturated carbocycles. The molecule has 4 nitrogen and oxygen atoms in total. The summed E-state index contributed by atoms with van der Waals surface area (Å²) in [7, 11) is 0. The summed E-state index contributed by atoms with van der Waals surface area (Å²) in [6.45, 7) is 4.86. The highest BCUT2D eigenvalue weighted by molar-refractivity contribution is 6.00. The van der Waals surface area contributed by atoms with Crippen LogP contribution in [0.3, 0.4) is 0 Å². The summed E-state index contributed by atoms with van der Waals surface area (Å²) in [5, 5.41) is 0.907. The fourth-order valence-electron chi connectivity index (χ4n) is 3.31. The zero-order chi connectivity index (χ0) is 17.8. The highest BCUT2D eigenvalue weighted by atomic mass is 16.2. The monoisotopic (exact) mass is 334 g/mol. The Morgan fingerprint density at radius 2 is 1.84 bits per heavy atom. The number of amides is 1. The van der Waals surface area contributed by atoms with Crippen LogP contribution in [0.5, 0.6) is 0 Å². The number of likely N-dealkylation sites (N-methyl/N-ethyl adjacent to an activating group) is 1. The van der Waals surface area contributed by atoms with Crippen molar-refractivity contribution in [3.63, 3.8) is 0 Å². The van der Waals surface area contributed by atoms with Gasteiger partial charge >= 0.3 is 0 Å². The molecule has 0 atom stereocenters. The molecule has 128 valence electrons. The normalized spacial score (nSPS) is 10.8. The van der Waals surface area contributed by atoms with Gasteiger partial charge in [-0.3, -0.25) is 9.59 Å². The van der Waals surface area contributed by atoms with Crippen molar-refractivity contribution in [1.29, 1.82) is 0 Å². The fraction of sp³-hybridized carbons (Fsp3) is 0.238. The first-order valence-electron chi connectivity index (χ1n) is 8.60. The smallest absolute Gasteiger partial charge is 0.246 e. The van der Waals surface area contributed by atoms with Crippen LogP contribution in [0.4, 0.5) is 5.69 Å². The van der Waals surface area contributed by atoms with Crippen molar-refractivity contribution in [2.45, 2.75) is 26.8 Å². The lowest BCUT2D eigenvalue weighted by Crippen LogP contribution is -2.33. The largest absolute Gasteiger partial charge is 0.337 e. The third kappa shape index (κ3) is 3.20. The predicted octanol–water partition coefficient (Wildman–Crippen LogP) is 4.07. The van der Waals surface area contributed by atoms with Gasteiger partial charge in [0, 0.05) is 29.4 Å². The lowest BCUT2D eigenvalue weighted by Gasteiger charge is -2.21. The second kappa shape index (κ2) is 7.34. The molecule has 0 spiro atoms. The number of anilines is 1. The molecule has 1 aromatic heterocycles. The van der Waals surface area contributed by atoms with Gasteiger partial charge in [-0.15, -0.1) is 0 Å². The highest BCUT2D eigenvalue weighted by Gasteiger charge is 2.17. The van der Waals surface area contributed by atoms with Gasteiger partial charge in [0.1, 0.15) is 6.54 Å². The summed E-state index contributed by atoms with van der Waals surface area (Å²) >= 11 is 0. The Bertz CT molecular complexity index is 897. The highest BCUT2D eigenvalue weighted by Crippen LogP contribution is 2.25. The van der Waals surface area contributed by atoms with Crippen LogP contribution in [0.2, 0.25) is 0 Å². The van der Waals surface area contributed by atoms with Crippen LogP contribution >= 0.6 is 0 Å². The number of fused-ring (bicyclic) bond motifs is 1. The van der Waals surface area contributed by atoms with Gasteiger partial charge in [-0.05, 0) is 31.0 Å². The molecule has 0 radical (unpaired) electrons. The number of rotatable bonds is 6. The van der Waals surface area contributed by atoms with Gasteiger partial charge in [-0.25, -0.2) is 0 Å². The molecule has 3 aromatic rings. The van der Waals surface area contributed by atoms with Gasteiger partial charge in [-0.2, -0.15) is 0 Å². The Morgan fingerprint density at radius 3 is 2.48 bits per heavy atom. The van der Waals surface area contributed by atoms with E-state index in [-0.39, 0.29) is 12.5 Å². The van der Waals surface area contributed by atoms with Crippen molar-refractivity contribution in [2.75, 3.05) is 11.4 Å². The Balaban J connectivity index is 2.00. The van der Waals surface area contributed by atoms with E-state index in [1.165, 1.54) is 0 Å². The summed E-state index contributed by atoms with van der Waals surface area (Å²) in [5.74, 6) is 0.00829. The second-order valence-corrected chi connectivity index (χ2v) is 5.97. The van der Waals surface area contributed by atoms with Crippen LogP contribution in [-0.4, -0.2) is 23.3 Å². The summed E-state index contributed by atoms with van der Waals surface area (Å²) in [6.07, 6.45) is 3.50. The van der Waals surface area contributed by atoms with Gasteiger partial charge < -0.3 is 9.47 Å². The number of aryl methyl sites for hydroxylation is 1. The number of hydrogen-bond acceptors (Lipinski definition) is 2. The first-order chi connectivity index (χ1) is 12.2. The number of carbonyl (C=O) groups is 2. The number of para-hydroxylation sites is 2. The van der Waals surface area contributed by atoms with Gasteiger partial charge in [0.05, 0.1) is 5.52 Å². The summed E-state index contributed by atoms with van der Waals surface area (Å²) in [4.78, 5) is 26.1. The van der Waals surface area contributed by atoms with E-state index < -0.39 is 0 Å². The molecular formula is C21H22N2O2. The molecule has 0 fully saturated rings. The zero-order valence-corrected chi connectivity index (χ0v) is 14.6. The van der Waals surface area contributed by atoms with E-state index in [0.29, 0.717) is 12.1 Å². The van der Waals surface area contributed by atoms with Gasteiger partial charge in [0.25, 0.3) is 0 Å². The summed E-state index contributed by atoms with van der Waals surface area (Å²) in [5.41, 5.74) is 3.63. The first-order valence-corrected chi connectivity index (χ1v) is 8.60. The molecule has 0 aliphatic carbocycles. The molecule has 1 heterocycles. The molecule has 0 unspecified atom stereocenters. The van der Waals surface area contributed by atoms with Crippen LogP contribution < -0.4 is 4.90 Å². The van der Waals surface area contributed by atoms with E-state index >= 15 is 0 Å². The van der Waals surface area contributed by atoms with Crippen LogP contribution in [0.15, 0.2) is 54.7 Å². The predicted molar refractivity (Wildman–Crippen MR) is 101 cm³/mol. The van der Waals surface area contributed by atoms with E-state index in [1.54, 1.807) is 11.1 Å². The average molecular weight is 334 g/mol. The number of aldehydes is 1. The number of benzene rings is 2. The number of nitrogens with zero attached hydrogens (tertiary/aromatic N) is 2. The minimum absolute atomic E-state index is 0.00829. The van der Waals surface area contributed by atoms with E-state index in [0.717, 1.165) is 34.9 Å². The lowest BCUT2D eigenvalue weighted by atomic mass is 10.1. The summed E-state index contributed by atoms with van der Waals surface area (Å²) in [6, 6.07) is 15.6. The molecule has 0 aliphatic heterocycles. The first kappa shape index (κ1) is 17.0. The molecule has 0 saturated heterocycles. The minimum atomic E-state index is 0.00829. The fourth-order valence-corrected chi connectivity index (χ4v) is 3.31. The van der Waals surface area contributed by atoms with E-state index in [9.17, 15) is 9.59 Å². The number of carbonyl (C=O) groups excluding carboxylic acids is 2. The van der Waals surface area contributed by atoms with Crippen LogP contribution in [0, 0.1) is 0 Å². The topological polar surface area (TPSA) is 42.3 Å². The van der Waals surface area contributed by atoms with E-state index in [2.05, 4.69) is 6.92 Å². The Labute approximate surface area is 147 Å². The molecule has 1 amide bonds. The van der Waals surface area contributed by atoms with Crippen molar-refractivity contribution >= 4 is 28.8 Å².